The van der Waals surface area contributed by atoms with E-state index in [9.17, 15) is 9.59 Å². The van der Waals surface area contributed by atoms with Crippen LogP contribution in [-0.2, 0) is 4.79 Å². The molecule has 0 aliphatic carbocycles. The molecule has 136 valence electrons. The molecule has 1 atom stereocenters. The van der Waals surface area contributed by atoms with Crippen LogP contribution in [0.2, 0.25) is 5.02 Å². The first-order valence-electron chi connectivity index (χ1n) is 8.17. The van der Waals surface area contributed by atoms with Crippen LogP contribution >= 0.6 is 34.7 Å². The molecule has 8 heteroatoms. The highest BCUT2D eigenvalue weighted by atomic mass is 35.5. The average Bonchev–Trinajstić information content (AvgIpc) is 3.10. The number of aromatic nitrogens is 2. The summed E-state index contributed by atoms with van der Waals surface area (Å²) in [6.07, 6.45) is 0.809. The van der Waals surface area contributed by atoms with Gasteiger partial charge >= 0.3 is 0 Å². The minimum atomic E-state index is -0.160. The smallest absolute Gasteiger partial charge is 0.272 e. The zero-order valence-corrected chi connectivity index (χ0v) is 16.7. The molecule has 2 aromatic heterocycles. The van der Waals surface area contributed by atoms with E-state index in [0.29, 0.717) is 26.1 Å². The van der Waals surface area contributed by atoms with Crippen LogP contribution in [0.4, 0.5) is 5.69 Å². The second-order valence-corrected chi connectivity index (χ2v) is 8.10. The lowest BCUT2D eigenvalue weighted by Crippen LogP contribution is -2.26. The fourth-order valence-corrected chi connectivity index (χ4v) is 4.23. The van der Waals surface area contributed by atoms with Crippen LogP contribution < -0.4 is 10.9 Å². The zero-order chi connectivity index (χ0) is 18.7. The number of amides is 1. The highest BCUT2D eigenvalue weighted by molar-refractivity contribution is 7.99. The molecule has 5 nitrogen and oxygen atoms in total. The Morgan fingerprint density at radius 1 is 1.35 bits per heavy atom. The standard InChI is InChI=1S/C18H18ClN3O2S2/c1-3-11(2)22-17(24)16-14(8-9-25-16)21-18(22)26-10-15(23)20-13-6-4-12(19)5-7-13/h4-9,11H,3,10H2,1-2H3,(H,20,23). The second kappa shape index (κ2) is 8.24. The summed E-state index contributed by atoms with van der Waals surface area (Å²) < 4.78 is 2.35. The molecule has 1 N–H and O–H groups in total. The highest BCUT2D eigenvalue weighted by Crippen LogP contribution is 2.24. The molecule has 0 aliphatic rings. The summed E-state index contributed by atoms with van der Waals surface area (Å²) in [6.45, 7) is 4.01. The maximum atomic E-state index is 12.8. The van der Waals surface area contributed by atoms with Crippen molar-refractivity contribution >= 4 is 56.5 Å². The Morgan fingerprint density at radius 3 is 2.77 bits per heavy atom. The van der Waals surface area contributed by atoms with Gasteiger partial charge in [0.15, 0.2) is 5.16 Å². The number of anilines is 1. The van der Waals surface area contributed by atoms with Crippen molar-refractivity contribution in [3.05, 3.63) is 51.1 Å². The molecule has 0 spiro atoms. The summed E-state index contributed by atoms with van der Waals surface area (Å²) in [5.41, 5.74) is 1.32. The van der Waals surface area contributed by atoms with Gasteiger partial charge in [-0.05, 0) is 49.1 Å². The van der Waals surface area contributed by atoms with Crippen LogP contribution in [0.3, 0.4) is 0 Å². The fourth-order valence-electron chi connectivity index (χ4n) is 2.44. The Hall–Kier alpha value is -1.83. The maximum Gasteiger partial charge on any atom is 0.272 e. The van der Waals surface area contributed by atoms with E-state index >= 15 is 0 Å². The quantitative estimate of drug-likeness (QED) is 0.470. The van der Waals surface area contributed by atoms with E-state index in [4.69, 9.17) is 11.6 Å². The van der Waals surface area contributed by atoms with Crippen molar-refractivity contribution in [2.45, 2.75) is 31.5 Å². The Balaban J connectivity index is 1.80. The summed E-state index contributed by atoms with van der Waals surface area (Å²) in [5.74, 6) is 0.00825. The summed E-state index contributed by atoms with van der Waals surface area (Å²) in [5, 5.41) is 5.87. The number of carbonyl (C=O) groups excluding carboxylic acids is 1. The number of benzene rings is 1. The summed E-state index contributed by atoms with van der Waals surface area (Å²) in [7, 11) is 0. The van der Waals surface area contributed by atoms with E-state index in [0.717, 1.165) is 6.42 Å². The minimum absolute atomic E-state index is 0.0170. The molecule has 2 heterocycles. The molecule has 3 rings (SSSR count). The van der Waals surface area contributed by atoms with Crippen LogP contribution in [0.5, 0.6) is 0 Å². The van der Waals surface area contributed by atoms with Crippen molar-refractivity contribution in [1.82, 2.24) is 9.55 Å². The SMILES string of the molecule is CCC(C)n1c(SCC(=O)Nc2ccc(Cl)cc2)nc2ccsc2c1=O. The van der Waals surface area contributed by atoms with Gasteiger partial charge in [-0.2, -0.15) is 0 Å². The van der Waals surface area contributed by atoms with Crippen molar-refractivity contribution in [3.8, 4) is 0 Å². The number of thiophene rings is 1. The number of thioether (sulfide) groups is 1. The Kier molecular flexibility index (Phi) is 6.01. The first kappa shape index (κ1) is 18.9. The first-order valence-corrected chi connectivity index (χ1v) is 10.4. The molecule has 26 heavy (non-hydrogen) atoms. The highest BCUT2D eigenvalue weighted by Gasteiger charge is 2.17. The van der Waals surface area contributed by atoms with Gasteiger partial charge in [0.05, 0.1) is 11.3 Å². The molecule has 0 fully saturated rings. The molecule has 0 aliphatic heterocycles. The van der Waals surface area contributed by atoms with Crippen LogP contribution in [0.25, 0.3) is 10.2 Å². The number of nitrogens with one attached hydrogen (secondary N) is 1. The molecule has 0 saturated carbocycles. The number of nitrogens with zero attached hydrogens (tertiary/aromatic N) is 2. The van der Waals surface area contributed by atoms with Gasteiger partial charge in [-0.3, -0.25) is 14.2 Å². The Labute approximate surface area is 164 Å². The number of fused-ring (bicyclic) bond motifs is 1. The monoisotopic (exact) mass is 407 g/mol. The number of rotatable bonds is 6. The van der Waals surface area contributed by atoms with Gasteiger partial charge in [0.2, 0.25) is 5.91 Å². The number of halogens is 1. The second-order valence-electron chi connectivity index (χ2n) is 5.81. The van der Waals surface area contributed by atoms with Gasteiger partial charge in [0.1, 0.15) is 4.70 Å². The van der Waals surface area contributed by atoms with E-state index in [1.807, 2.05) is 25.3 Å². The van der Waals surface area contributed by atoms with E-state index < -0.39 is 0 Å². The van der Waals surface area contributed by atoms with Crippen molar-refractivity contribution in [2.24, 2.45) is 0 Å². The fraction of sp³-hybridized carbons (Fsp3) is 0.278. The van der Waals surface area contributed by atoms with Gasteiger partial charge in [-0.25, -0.2) is 4.98 Å². The van der Waals surface area contributed by atoms with Gasteiger partial charge in [0.25, 0.3) is 5.56 Å². The Bertz CT molecular complexity index is 982. The lowest BCUT2D eigenvalue weighted by molar-refractivity contribution is -0.113. The van der Waals surface area contributed by atoms with Crippen LogP contribution in [0.1, 0.15) is 26.3 Å². The molecule has 0 saturated heterocycles. The topological polar surface area (TPSA) is 64.0 Å². The van der Waals surface area contributed by atoms with Gasteiger partial charge < -0.3 is 5.32 Å². The third-order valence-electron chi connectivity index (χ3n) is 3.97. The number of hydrogen-bond donors (Lipinski definition) is 1. The van der Waals surface area contributed by atoms with E-state index in [1.54, 1.807) is 28.8 Å². The first-order chi connectivity index (χ1) is 12.5. The lowest BCUT2D eigenvalue weighted by Gasteiger charge is -2.17. The molecule has 0 radical (unpaired) electrons. The van der Waals surface area contributed by atoms with Crippen molar-refractivity contribution < 1.29 is 4.79 Å². The van der Waals surface area contributed by atoms with Gasteiger partial charge in [-0.15, -0.1) is 11.3 Å². The van der Waals surface area contributed by atoms with Crippen LogP contribution in [0.15, 0.2) is 45.7 Å². The third-order valence-corrected chi connectivity index (χ3v) is 6.07. The average molecular weight is 408 g/mol. The molecule has 0 bridgehead atoms. The molecule has 1 amide bonds. The van der Waals surface area contributed by atoms with Crippen LogP contribution in [0, 0.1) is 0 Å². The van der Waals surface area contributed by atoms with E-state index in [1.165, 1.54) is 23.1 Å². The van der Waals surface area contributed by atoms with Crippen LogP contribution in [-0.4, -0.2) is 21.2 Å². The summed E-state index contributed by atoms with van der Waals surface area (Å²) in [4.78, 5) is 29.6. The number of carbonyl (C=O) groups is 1. The van der Waals surface area contributed by atoms with Gasteiger partial charge in [0, 0.05) is 16.8 Å². The predicted molar refractivity (Wildman–Crippen MR) is 110 cm³/mol. The molecule has 1 unspecified atom stereocenters. The largest absolute Gasteiger partial charge is 0.325 e. The number of hydrogen-bond acceptors (Lipinski definition) is 5. The molecule has 1 aromatic carbocycles. The third kappa shape index (κ3) is 4.11. The molecule has 3 aromatic rings. The maximum absolute atomic E-state index is 12.8. The molecular formula is C18H18ClN3O2S2. The molecular weight excluding hydrogens is 390 g/mol. The summed E-state index contributed by atoms with van der Waals surface area (Å²) in [6, 6.07) is 8.78. The Morgan fingerprint density at radius 2 is 2.08 bits per heavy atom. The minimum Gasteiger partial charge on any atom is -0.325 e. The van der Waals surface area contributed by atoms with E-state index in [-0.39, 0.29) is 23.3 Å². The zero-order valence-electron chi connectivity index (χ0n) is 14.4. The lowest BCUT2D eigenvalue weighted by atomic mass is 10.2. The van der Waals surface area contributed by atoms with E-state index in [2.05, 4.69) is 10.3 Å². The van der Waals surface area contributed by atoms with Crippen molar-refractivity contribution in [2.75, 3.05) is 11.1 Å². The van der Waals surface area contributed by atoms with Crippen molar-refractivity contribution in [3.63, 3.8) is 0 Å². The normalized spacial score (nSPS) is 12.3. The summed E-state index contributed by atoms with van der Waals surface area (Å²) >= 11 is 8.52. The van der Waals surface area contributed by atoms with Crippen molar-refractivity contribution in [1.29, 1.82) is 0 Å². The predicted octanol–water partition coefficient (Wildman–Crippen LogP) is 4.81. The van der Waals surface area contributed by atoms with Gasteiger partial charge in [-0.1, -0.05) is 30.3 Å².